The maximum atomic E-state index is 12.5. The van der Waals surface area contributed by atoms with Crippen molar-refractivity contribution in [3.05, 3.63) is 12.4 Å². The molecule has 2 aliphatic rings. The second kappa shape index (κ2) is 6.33. The molecule has 20 heavy (non-hydrogen) atoms. The van der Waals surface area contributed by atoms with Gasteiger partial charge in [-0.1, -0.05) is 0 Å². The van der Waals surface area contributed by atoms with Gasteiger partial charge in [-0.3, -0.25) is 9.48 Å². The number of amides is 1. The predicted molar refractivity (Wildman–Crippen MR) is 83.8 cm³/mol. The van der Waals surface area contributed by atoms with Crippen molar-refractivity contribution in [2.75, 3.05) is 25.0 Å². The number of nitrogens with zero attached hydrogens (tertiary/aromatic N) is 3. The summed E-state index contributed by atoms with van der Waals surface area (Å²) in [6.07, 6.45) is 6.98. The van der Waals surface area contributed by atoms with Crippen molar-refractivity contribution in [1.82, 2.24) is 15.1 Å². The fraction of sp³-hybridized carbons (Fsp3) is 0.692. The lowest BCUT2D eigenvalue weighted by molar-refractivity contribution is -0.120. The van der Waals surface area contributed by atoms with Crippen molar-refractivity contribution in [3.8, 4) is 0 Å². The standard InChI is InChI=1S/C13H20N4O.2ClH/c1-16-9-10(8-15-16)17(2)12(18)11-7-13(11)3-5-14-6-4-13;;/h8-9,11,14H,3-7H2,1-2H3;2*1H. The molecule has 1 unspecified atom stereocenters. The van der Waals surface area contributed by atoms with E-state index >= 15 is 0 Å². The zero-order valence-corrected chi connectivity index (χ0v) is 13.5. The van der Waals surface area contributed by atoms with Gasteiger partial charge in [-0.05, 0) is 37.8 Å². The third-order valence-corrected chi connectivity index (χ3v) is 4.50. The summed E-state index contributed by atoms with van der Waals surface area (Å²) in [5.41, 5.74) is 1.19. The summed E-state index contributed by atoms with van der Waals surface area (Å²) in [7, 11) is 3.72. The van der Waals surface area contributed by atoms with Crippen LogP contribution in [0.2, 0.25) is 0 Å². The highest BCUT2D eigenvalue weighted by molar-refractivity contribution is 5.96. The highest BCUT2D eigenvalue weighted by Crippen LogP contribution is 2.59. The van der Waals surface area contributed by atoms with E-state index < -0.39 is 0 Å². The molecule has 0 bridgehead atoms. The van der Waals surface area contributed by atoms with Crippen LogP contribution in [0.1, 0.15) is 19.3 Å². The predicted octanol–water partition coefficient (Wildman–Crippen LogP) is 1.62. The van der Waals surface area contributed by atoms with E-state index in [1.54, 1.807) is 15.8 Å². The van der Waals surface area contributed by atoms with Crippen LogP contribution in [0.5, 0.6) is 0 Å². The molecule has 3 rings (SSSR count). The van der Waals surface area contributed by atoms with E-state index in [9.17, 15) is 4.79 Å². The van der Waals surface area contributed by atoms with Gasteiger partial charge in [-0.25, -0.2) is 0 Å². The Kier molecular flexibility index (Phi) is 5.46. The minimum atomic E-state index is 0. The maximum absolute atomic E-state index is 12.5. The topological polar surface area (TPSA) is 50.2 Å². The molecule has 7 heteroatoms. The summed E-state index contributed by atoms with van der Waals surface area (Å²) in [6.45, 7) is 2.11. The molecule has 0 aromatic carbocycles. The fourth-order valence-corrected chi connectivity index (χ4v) is 3.12. The van der Waals surface area contributed by atoms with E-state index in [2.05, 4.69) is 10.4 Å². The SMILES string of the molecule is CN(C(=O)C1CC12CCNCC2)c1cnn(C)c1.Cl.Cl. The Labute approximate surface area is 131 Å². The number of aromatic nitrogens is 2. The van der Waals surface area contributed by atoms with E-state index in [0.717, 1.165) is 38.0 Å². The zero-order chi connectivity index (χ0) is 12.8. The van der Waals surface area contributed by atoms with E-state index in [-0.39, 0.29) is 36.6 Å². The minimum absolute atomic E-state index is 0. The van der Waals surface area contributed by atoms with Crippen molar-refractivity contribution in [2.45, 2.75) is 19.3 Å². The van der Waals surface area contributed by atoms with Crippen LogP contribution in [0.4, 0.5) is 5.69 Å². The molecule has 114 valence electrons. The number of aryl methyl sites for hydroxylation is 1. The van der Waals surface area contributed by atoms with E-state index in [0.29, 0.717) is 5.41 Å². The number of carbonyl (C=O) groups is 1. The van der Waals surface area contributed by atoms with Crippen LogP contribution in [-0.4, -0.2) is 35.8 Å². The summed E-state index contributed by atoms with van der Waals surface area (Å²) in [5.74, 6) is 0.481. The second-order valence-electron chi connectivity index (χ2n) is 5.64. The third kappa shape index (κ3) is 2.95. The van der Waals surface area contributed by atoms with Gasteiger partial charge in [-0.2, -0.15) is 5.10 Å². The lowest BCUT2D eigenvalue weighted by Crippen LogP contribution is -2.34. The van der Waals surface area contributed by atoms with Crippen LogP contribution >= 0.6 is 24.8 Å². The molecule has 1 aromatic rings. The number of anilines is 1. The molecule has 1 aliphatic heterocycles. The first-order valence-electron chi connectivity index (χ1n) is 6.59. The molecule has 5 nitrogen and oxygen atoms in total. The molecule has 1 spiro atoms. The van der Waals surface area contributed by atoms with Crippen molar-refractivity contribution in [1.29, 1.82) is 0 Å². The molecule has 1 amide bonds. The lowest BCUT2D eigenvalue weighted by Gasteiger charge is -2.24. The third-order valence-electron chi connectivity index (χ3n) is 4.50. The monoisotopic (exact) mass is 320 g/mol. The average molecular weight is 321 g/mol. The summed E-state index contributed by atoms with van der Waals surface area (Å²) >= 11 is 0. The van der Waals surface area contributed by atoms with Crippen molar-refractivity contribution < 1.29 is 4.79 Å². The normalized spacial score (nSPS) is 22.6. The number of halogens is 2. The van der Waals surface area contributed by atoms with E-state index in [4.69, 9.17) is 0 Å². The molecule has 1 N–H and O–H groups in total. The maximum Gasteiger partial charge on any atom is 0.230 e. The first-order valence-corrected chi connectivity index (χ1v) is 6.59. The average Bonchev–Trinajstić information content (AvgIpc) is 2.87. The Balaban J connectivity index is 0.000001000. The molecule has 1 saturated carbocycles. The summed E-state index contributed by atoms with van der Waals surface area (Å²) in [4.78, 5) is 14.2. The largest absolute Gasteiger partial charge is 0.317 e. The minimum Gasteiger partial charge on any atom is -0.317 e. The van der Waals surface area contributed by atoms with Gasteiger partial charge >= 0.3 is 0 Å². The van der Waals surface area contributed by atoms with Gasteiger partial charge in [0.25, 0.3) is 0 Å². The van der Waals surface area contributed by atoms with E-state index in [1.165, 1.54) is 0 Å². The Morgan fingerprint density at radius 3 is 2.65 bits per heavy atom. The Bertz CT molecular complexity index is 471. The van der Waals surface area contributed by atoms with Gasteiger partial charge in [-0.15, -0.1) is 24.8 Å². The van der Waals surface area contributed by atoms with Crippen LogP contribution in [0, 0.1) is 11.3 Å². The van der Waals surface area contributed by atoms with Crippen molar-refractivity contribution in [2.24, 2.45) is 18.4 Å². The quantitative estimate of drug-likeness (QED) is 0.900. The lowest BCUT2D eigenvalue weighted by atomic mass is 9.91. The molecular weight excluding hydrogens is 299 g/mol. The van der Waals surface area contributed by atoms with Gasteiger partial charge in [0.15, 0.2) is 0 Å². The first kappa shape index (κ1) is 17.3. The molecule has 2 heterocycles. The molecule has 1 atom stereocenters. The van der Waals surface area contributed by atoms with Crippen LogP contribution in [0.3, 0.4) is 0 Å². The molecule has 0 radical (unpaired) electrons. The number of carbonyl (C=O) groups excluding carboxylic acids is 1. The van der Waals surface area contributed by atoms with Crippen LogP contribution in [-0.2, 0) is 11.8 Å². The summed E-state index contributed by atoms with van der Waals surface area (Å²) in [5, 5.41) is 7.48. The summed E-state index contributed by atoms with van der Waals surface area (Å²) in [6, 6.07) is 0. The Hall–Kier alpha value is -0.780. The molecule has 1 saturated heterocycles. The smallest absolute Gasteiger partial charge is 0.230 e. The number of hydrogen-bond acceptors (Lipinski definition) is 3. The van der Waals surface area contributed by atoms with E-state index in [1.807, 2.05) is 20.3 Å². The highest BCUT2D eigenvalue weighted by atomic mass is 35.5. The van der Waals surface area contributed by atoms with Crippen LogP contribution < -0.4 is 10.2 Å². The Morgan fingerprint density at radius 1 is 1.45 bits per heavy atom. The molecule has 2 fully saturated rings. The molecule has 1 aromatic heterocycles. The van der Waals surface area contributed by atoms with Gasteiger partial charge in [0.2, 0.25) is 5.91 Å². The fourth-order valence-electron chi connectivity index (χ4n) is 3.12. The number of rotatable bonds is 2. The van der Waals surface area contributed by atoms with Crippen molar-refractivity contribution in [3.63, 3.8) is 0 Å². The van der Waals surface area contributed by atoms with Crippen LogP contribution in [0.15, 0.2) is 12.4 Å². The highest BCUT2D eigenvalue weighted by Gasteiger charge is 2.58. The van der Waals surface area contributed by atoms with Gasteiger partial charge < -0.3 is 10.2 Å². The number of nitrogens with one attached hydrogen (secondary N) is 1. The Morgan fingerprint density at radius 2 is 2.10 bits per heavy atom. The zero-order valence-electron chi connectivity index (χ0n) is 11.8. The van der Waals surface area contributed by atoms with Crippen LogP contribution in [0.25, 0.3) is 0 Å². The van der Waals surface area contributed by atoms with Gasteiger partial charge in [0, 0.05) is 26.2 Å². The number of hydrogen-bond donors (Lipinski definition) is 1. The van der Waals surface area contributed by atoms with Gasteiger partial charge in [0.1, 0.15) is 0 Å². The summed E-state index contributed by atoms with van der Waals surface area (Å²) < 4.78 is 1.73. The van der Waals surface area contributed by atoms with Crippen molar-refractivity contribution >= 4 is 36.4 Å². The first-order chi connectivity index (χ1) is 8.62. The molecular formula is C13H22Cl2N4O. The second-order valence-corrected chi connectivity index (χ2v) is 5.64. The molecule has 1 aliphatic carbocycles. The number of piperidine rings is 1. The van der Waals surface area contributed by atoms with Gasteiger partial charge in [0.05, 0.1) is 11.9 Å².